The number of aryl methyl sites for hydroxylation is 2. The average molecular weight is 247 g/mol. The van der Waals surface area contributed by atoms with E-state index < -0.39 is 11.8 Å². The second-order valence-electron chi connectivity index (χ2n) is 4.60. The molecule has 0 bridgehead atoms. The summed E-state index contributed by atoms with van der Waals surface area (Å²) in [4.78, 5) is 29.1. The summed E-state index contributed by atoms with van der Waals surface area (Å²) >= 11 is 0. The third kappa shape index (κ3) is 2.20. The van der Waals surface area contributed by atoms with Crippen molar-refractivity contribution < 1.29 is 9.59 Å². The van der Waals surface area contributed by atoms with Crippen molar-refractivity contribution in [3.8, 4) is 0 Å². The Morgan fingerprint density at radius 1 is 1.56 bits per heavy atom. The van der Waals surface area contributed by atoms with Crippen LogP contribution in [0.1, 0.15) is 24.6 Å². The normalized spacial score (nSPS) is 19.3. The minimum absolute atomic E-state index is 0.0772. The van der Waals surface area contributed by atoms with Gasteiger partial charge in [-0.15, -0.1) is 0 Å². The SMILES string of the molecule is CCc1ccc(C)nc1N1CC(C(N)=O)CC1=O. The highest BCUT2D eigenvalue weighted by Gasteiger charge is 2.35. The van der Waals surface area contributed by atoms with Gasteiger partial charge in [-0.3, -0.25) is 14.5 Å². The zero-order valence-corrected chi connectivity index (χ0v) is 10.6. The van der Waals surface area contributed by atoms with Gasteiger partial charge in [-0.25, -0.2) is 4.98 Å². The standard InChI is InChI=1S/C13H17N3O2/c1-3-9-5-4-8(2)15-13(9)16-7-10(12(14)18)6-11(16)17/h4-5,10H,3,6-7H2,1-2H3,(H2,14,18). The van der Waals surface area contributed by atoms with E-state index in [0.29, 0.717) is 12.4 Å². The zero-order chi connectivity index (χ0) is 13.3. The summed E-state index contributed by atoms with van der Waals surface area (Å²) in [5.74, 6) is -0.223. The van der Waals surface area contributed by atoms with Gasteiger partial charge in [-0.2, -0.15) is 0 Å². The first kappa shape index (κ1) is 12.5. The molecule has 96 valence electrons. The molecule has 1 atom stereocenters. The molecule has 1 aromatic rings. The third-order valence-electron chi connectivity index (χ3n) is 3.26. The number of hydrogen-bond donors (Lipinski definition) is 1. The van der Waals surface area contributed by atoms with E-state index in [-0.39, 0.29) is 12.3 Å². The maximum atomic E-state index is 11.9. The van der Waals surface area contributed by atoms with Crippen molar-refractivity contribution in [3.05, 3.63) is 23.4 Å². The van der Waals surface area contributed by atoms with E-state index in [4.69, 9.17) is 5.73 Å². The van der Waals surface area contributed by atoms with Crippen molar-refractivity contribution in [2.24, 2.45) is 11.7 Å². The summed E-state index contributed by atoms with van der Waals surface area (Å²) in [5, 5.41) is 0. The summed E-state index contributed by atoms with van der Waals surface area (Å²) in [7, 11) is 0. The van der Waals surface area contributed by atoms with E-state index in [0.717, 1.165) is 17.7 Å². The fourth-order valence-electron chi connectivity index (χ4n) is 2.18. The lowest BCUT2D eigenvalue weighted by Crippen LogP contribution is -2.29. The predicted octanol–water partition coefficient (Wildman–Crippen LogP) is 0.791. The number of carbonyl (C=O) groups excluding carboxylic acids is 2. The van der Waals surface area contributed by atoms with Gasteiger partial charge in [0.05, 0.1) is 5.92 Å². The van der Waals surface area contributed by atoms with Gasteiger partial charge in [0.1, 0.15) is 5.82 Å². The van der Waals surface area contributed by atoms with E-state index in [2.05, 4.69) is 4.98 Å². The molecule has 1 unspecified atom stereocenters. The average Bonchev–Trinajstić information content (AvgIpc) is 2.71. The maximum Gasteiger partial charge on any atom is 0.229 e. The number of primary amides is 1. The van der Waals surface area contributed by atoms with E-state index in [1.165, 1.54) is 0 Å². The maximum absolute atomic E-state index is 11.9. The van der Waals surface area contributed by atoms with Gasteiger partial charge < -0.3 is 5.73 Å². The molecule has 5 heteroatoms. The number of nitrogens with zero attached hydrogens (tertiary/aromatic N) is 2. The van der Waals surface area contributed by atoms with Crippen LogP contribution in [-0.2, 0) is 16.0 Å². The topological polar surface area (TPSA) is 76.3 Å². The second kappa shape index (κ2) is 4.76. The van der Waals surface area contributed by atoms with Crippen LogP contribution < -0.4 is 10.6 Å². The molecule has 1 saturated heterocycles. The Bertz CT molecular complexity index is 499. The van der Waals surface area contributed by atoms with Crippen LogP contribution in [0.25, 0.3) is 0 Å². The van der Waals surface area contributed by atoms with Crippen LogP contribution >= 0.6 is 0 Å². The Kier molecular flexibility index (Phi) is 3.32. The molecule has 1 fully saturated rings. The van der Waals surface area contributed by atoms with Crippen LogP contribution in [0.3, 0.4) is 0 Å². The van der Waals surface area contributed by atoms with Crippen LogP contribution in [0.4, 0.5) is 5.82 Å². The van der Waals surface area contributed by atoms with Crippen LogP contribution in [0.5, 0.6) is 0 Å². The molecule has 5 nitrogen and oxygen atoms in total. The van der Waals surface area contributed by atoms with Gasteiger partial charge in [0.25, 0.3) is 0 Å². The predicted molar refractivity (Wildman–Crippen MR) is 68.0 cm³/mol. The van der Waals surface area contributed by atoms with Crippen LogP contribution in [0.15, 0.2) is 12.1 Å². The molecule has 2 rings (SSSR count). The van der Waals surface area contributed by atoms with Gasteiger partial charge in [-0.05, 0) is 25.0 Å². The van der Waals surface area contributed by atoms with Gasteiger partial charge in [-0.1, -0.05) is 13.0 Å². The number of nitrogens with two attached hydrogens (primary N) is 1. The summed E-state index contributed by atoms with van der Waals surface area (Å²) in [5.41, 5.74) is 7.13. The summed E-state index contributed by atoms with van der Waals surface area (Å²) in [6, 6.07) is 3.90. The van der Waals surface area contributed by atoms with Crippen molar-refractivity contribution in [3.63, 3.8) is 0 Å². The summed E-state index contributed by atoms with van der Waals surface area (Å²) < 4.78 is 0. The Morgan fingerprint density at radius 3 is 2.83 bits per heavy atom. The van der Waals surface area contributed by atoms with Gasteiger partial charge in [0, 0.05) is 18.7 Å². The molecule has 1 aromatic heterocycles. The molecule has 1 aliphatic rings. The minimum atomic E-state index is -0.420. The third-order valence-corrected chi connectivity index (χ3v) is 3.26. The molecule has 18 heavy (non-hydrogen) atoms. The zero-order valence-electron chi connectivity index (χ0n) is 10.6. The highest BCUT2D eigenvalue weighted by molar-refractivity contribution is 5.99. The Balaban J connectivity index is 2.34. The first-order valence-electron chi connectivity index (χ1n) is 6.09. The summed E-state index contributed by atoms with van der Waals surface area (Å²) in [6.07, 6.45) is 0.988. The largest absolute Gasteiger partial charge is 0.369 e. The van der Waals surface area contributed by atoms with Crippen molar-refractivity contribution >= 4 is 17.6 Å². The number of rotatable bonds is 3. The quantitative estimate of drug-likeness (QED) is 0.858. The van der Waals surface area contributed by atoms with Gasteiger partial charge in [0.2, 0.25) is 11.8 Å². The van der Waals surface area contributed by atoms with E-state index in [1.54, 1.807) is 4.90 Å². The molecule has 0 radical (unpaired) electrons. The second-order valence-corrected chi connectivity index (χ2v) is 4.60. The molecular formula is C13H17N3O2. The first-order valence-corrected chi connectivity index (χ1v) is 6.09. The number of aromatic nitrogens is 1. The number of anilines is 1. The van der Waals surface area contributed by atoms with E-state index >= 15 is 0 Å². The molecule has 2 N–H and O–H groups in total. The molecule has 2 amide bonds. The molecule has 0 aliphatic carbocycles. The fourth-order valence-corrected chi connectivity index (χ4v) is 2.18. The first-order chi connectivity index (χ1) is 8.52. The fraction of sp³-hybridized carbons (Fsp3) is 0.462. The number of hydrogen-bond acceptors (Lipinski definition) is 3. The lowest BCUT2D eigenvalue weighted by atomic mass is 10.1. The van der Waals surface area contributed by atoms with E-state index in [9.17, 15) is 9.59 Å². The molecule has 0 aromatic carbocycles. The monoisotopic (exact) mass is 247 g/mol. The molecule has 0 saturated carbocycles. The molecule has 0 spiro atoms. The van der Waals surface area contributed by atoms with Crippen molar-refractivity contribution in [1.82, 2.24) is 4.98 Å². The molecular weight excluding hydrogens is 230 g/mol. The summed E-state index contributed by atoms with van der Waals surface area (Å²) in [6.45, 7) is 4.24. The lowest BCUT2D eigenvalue weighted by molar-refractivity contribution is -0.123. The van der Waals surface area contributed by atoms with E-state index in [1.807, 2.05) is 26.0 Å². The Labute approximate surface area is 106 Å². The van der Waals surface area contributed by atoms with Crippen LogP contribution in [0, 0.1) is 12.8 Å². The number of carbonyl (C=O) groups is 2. The minimum Gasteiger partial charge on any atom is -0.369 e. The molecule has 2 heterocycles. The molecule has 1 aliphatic heterocycles. The van der Waals surface area contributed by atoms with Gasteiger partial charge in [0.15, 0.2) is 0 Å². The van der Waals surface area contributed by atoms with Crippen molar-refractivity contribution in [2.45, 2.75) is 26.7 Å². The highest BCUT2D eigenvalue weighted by Crippen LogP contribution is 2.27. The lowest BCUT2D eigenvalue weighted by Gasteiger charge is -2.18. The Morgan fingerprint density at radius 2 is 2.28 bits per heavy atom. The Hall–Kier alpha value is -1.91. The number of amides is 2. The van der Waals surface area contributed by atoms with Crippen molar-refractivity contribution in [1.29, 1.82) is 0 Å². The van der Waals surface area contributed by atoms with Crippen LogP contribution in [-0.4, -0.2) is 23.3 Å². The van der Waals surface area contributed by atoms with Gasteiger partial charge >= 0.3 is 0 Å². The van der Waals surface area contributed by atoms with Crippen molar-refractivity contribution in [2.75, 3.05) is 11.4 Å². The number of pyridine rings is 1. The van der Waals surface area contributed by atoms with Crippen LogP contribution in [0.2, 0.25) is 0 Å². The highest BCUT2D eigenvalue weighted by atomic mass is 16.2. The smallest absolute Gasteiger partial charge is 0.229 e.